The maximum absolute atomic E-state index is 13.8. The lowest BCUT2D eigenvalue weighted by molar-refractivity contribution is 0.0565. The molecule has 0 fully saturated rings. The predicted octanol–water partition coefficient (Wildman–Crippen LogP) is 2.87. The molecule has 0 spiro atoms. The van der Waals surface area contributed by atoms with Gasteiger partial charge in [-0.2, -0.15) is 13.9 Å². The number of rotatable bonds is 3. The van der Waals surface area contributed by atoms with Crippen molar-refractivity contribution >= 4 is 5.97 Å². The minimum Gasteiger partial charge on any atom is -0.465 e. The van der Waals surface area contributed by atoms with Gasteiger partial charge in [0.15, 0.2) is 0 Å². The normalized spacial score (nSPS) is 10.8. The van der Waals surface area contributed by atoms with Gasteiger partial charge in [-0.3, -0.25) is 0 Å². The molecule has 0 unspecified atom stereocenters. The highest BCUT2D eigenvalue weighted by molar-refractivity contribution is 5.90. The van der Waals surface area contributed by atoms with Crippen LogP contribution in [0.15, 0.2) is 30.6 Å². The summed E-state index contributed by atoms with van der Waals surface area (Å²) in [5.74, 6) is -1.38. The average Bonchev–Trinajstić information content (AvgIpc) is 2.87. The molecule has 2 rings (SSSR count). The first-order valence-electron chi connectivity index (χ1n) is 5.23. The second-order valence-electron chi connectivity index (χ2n) is 3.67. The van der Waals surface area contributed by atoms with Crippen LogP contribution in [0.5, 0.6) is 0 Å². The van der Waals surface area contributed by atoms with E-state index in [-0.39, 0.29) is 16.7 Å². The van der Waals surface area contributed by atoms with Crippen LogP contribution in [0.1, 0.15) is 16.9 Å². The van der Waals surface area contributed by atoms with Gasteiger partial charge in [-0.25, -0.2) is 13.9 Å². The zero-order chi connectivity index (χ0) is 14.0. The predicted molar refractivity (Wildman–Crippen MR) is 60.2 cm³/mol. The van der Waals surface area contributed by atoms with Crippen LogP contribution < -0.4 is 0 Å². The first-order valence-corrected chi connectivity index (χ1v) is 5.23. The summed E-state index contributed by atoms with van der Waals surface area (Å²) in [6.07, 6.45) is 2.16. The van der Waals surface area contributed by atoms with Gasteiger partial charge < -0.3 is 4.74 Å². The Bertz CT molecular complexity index is 611. The van der Waals surface area contributed by atoms with Crippen LogP contribution in [0, 0.1) is 5.82 Å². The van der Waals surface area contributed by atoms with E-state index in [0.29, 0.717) is 4.68 Å². The van der Waals surface area contributed by atoms with E-state index in [9.17, 15) is 18.0 Å². The van der Waals surface area contributed by atoms with Crippen molar-refractivity contribution in [2.75, 3.05) is 7.11 Å². The fourth-order valence-electron chi connectivity index (χ4n) is 1.58. The third kappa shape index (κ3) is 2.59. The smallest absolute Gasteiger partial charge is 0.337 e. The number of hydrogen-bond donors (Lipinski definition) is 0. The van der Waals surface area contributed by atoms with Gasteiger partial charge in [0, 0.05) is 17.3 Å². The van der Waals surface area contributed by atoms with E-state index in [1.807, 2.05) is 0 Å². The summed E-state index contributed by atoms with van der Waals surface area (Å²) in [5, 5.41) is 3.42. The summed E-state index contributed by atoms with van der Waals surface area (Å²) in [6.45, 7) is -2.79. The average molecular weight is 270 g/mol. The van der Waals surface area contributed by atoms with Crippen LogP contribution in [0.3, 0.4) is 0 Å². The van der Waals surface area contributed by atoms with Crippen LogP contribution >= 0.6 is 0 Å². The fourth-order valence-corrected chi connectivity index (χ4v) is 1.58. The number of nitrogens with zero attached hydrogens (tertiary/aromatic N) is 2. The molecule has 0 aliphatic rings. The van der Waals surface area contributed by atoms with E-state index in [0.717, 1.165) is 18.5 Å². The number of carbonyl (C=O) groups is 1. The van der Waals surface area contributed by atoms with Crippen molar-refractivity contribution in [3.63, 3.8) is 0 Å². The molecule has 4 nitrogen and oxygen atoms in total. The third-order valence-corrected chi connectivity index (χ3v) is 2.50. The number of aromatic nitrogens is 2. The van der Waals surface area contributed by atoms with E-state index < -0.39 is 18.3 Å². The SMILES string of the molecule is COC(=O)c1ccc(-c2cnn(C(F)F)c2)c(F)c1. The van der Waals surface area contributed by atoms with Crippen LogP contribution in [0.25, 0.3) is 11.1 Å². The van der Waals surface area contributed by atoms with E-state index in [1.165, 1.54) is 19.2 Å². The zero-order valence-electron chi connectivity index (χ0n) is 9.81. The summed E-state index contributed by atoms with van der Waals surface area (Å²) in [5.41, 5.74) is 0.332. The van der Waals surface area contributed by atoms with Crippen molar-refractivity contribution in [3.05, 3.63) is 42.0 Å². The fraction of sp³-hybridized carbons (Fsp3) is 0.167. The lowest BCUT2D eigenvalue weighted by atomic mass is 10.1. The van der Waals surface area contributed by atoms with E-state index in [4.69, 9.17) is 0 Å². The van der Waals surface area contributed by atoms with Gasteiger partial charge in [0.05, 0.1) is 18.9 Å². The summed E-state index contributed by atoms with van der Waals surface area (Å²) in [6, 6.07) is 3.65. The Morgan fingerprint density at radius 3 is 2.68 bits per heavy atom. The zero-order valence-corrected chi connectivity index (χ0v) is 9.81. The molecule has 0 aliphatic carbocycles. The maximum atomic E-state index is 13.8. The standard InChI is InChI=1S/C12H9F3N2O2/c1-19-11(18)7-2-3-9(10(13)4-7)8-5-16-17(6-8)12(14)15/h2-6,12H,1H3. The minimum atomic E-state index is -2.79. The minimum absolute atomic E-state index is 0.0463. The first kappa shape index (κ1) is 13.1. The van der Waals surface area contributed by atoms with Gasteiger partial charge in [-0.1, -0.05) is 6.07 Å². The molecule has 1 aromatic carbocycles. The van der Waals surface area contributed by atoms with Crippen molar-refractivity contribution in [2.24, 2.45) is 0 Å². The van der Waals surface area contributed by atoms with Crippen LogP contribution in [0.2, 0.25) is 0 Å². The highest BCUT2D eigenvalue weighted by atomic mass is 19.3. The van der Waals surface area contributed by atoms with Crippen molar-refractivity contribution in [1.82, 2.24) is 9.78 Å². The monoisotopic (exact) mass is 270 g/mol. The molecular weight excluding hydrogens is 261 g/mol. The highest BCUT2D eigenvalue weighted by Crippen LogP contribution is 2.24. The highest BCUT2D eigenvalue weighted by Gasteiger charge is 2.14. The van der Waals surface area contributed by atoms with Crippen molar-refractivity contribution in [1.29, 1.82) is 0 Å². The Hall–Kier alpha value is -2.31. The lowest BCUT2D eigenvalue weighted by Gasteiger charge is -2.03. The summed E-state index contributed by atoms with van der Waals surface area (Å²) in [7, 11) is 1.18. The number of halogens is 3. The van der Waals surface area contributed by atoms with Crippen LogP contribution in [-0.2, 0) is 4.74 Å². The number of esters is 1. The van der Waals surface area contributed by atoms with Gasteiger partial charge in [0.2, 0.25) is 0 Å². The molecule has 2 aromatic rings. The van der Waals surface area contributed by atoms with E-state index in [2.05, 4.69) is 9.84 Å². The summed E-state index contributed by atoms with van der Waals surface area (Å²) in [4.78, 5) is 11.2. The van der Waals surface area contributed by atoms with E-state index in [1.54, 1.807) is 0 Å². The largest absolute Gasteiger partial charge is 0.465 e. The molecule has 0 saturated heterocycles. The van der Waals surface area contributed by atoms with Gasteiger partial charge in [-0.15, -0.1) is 0 Å². The van der Waals surface area contributed by atoms with E-state index >= 15 is 0 Å². The van der Waals surface area contributed by atoms with Crippen molar-refractivity contribution in [3.8, 4) is 11.1 Å². The number of hydrogen-bond acceptors (Lipinski definition) is 3. The second kappa shape index (κ2) is 5.13. The molecule has 0 radical (unpaired) electrons. The van der Waals surface area contributed by atoms with Crippen molar-refractivity contribution in [2.45, 2.75) is 6.55 Å². The lowest BCUT2D eigenvalue weighted by Crippen LogP contribution is -2.01. The third-order valence-electron chi connectivity index (χ3n) is 2.50. The molecule has 0 amide bonds. The maximum Gasteiger partial charge on any atom is 0.337 e. The number of ether oxygens (including phenoxy) is 1. The Kier molecular flexibility index (Phi) is 3.55. The van der Waals surface area contributed by atoms with Gasteiger partial charge >= 0.3 is 12.5 Å². The molecule has 0 aliphatic heterocycles. The quantitative estimate of drug-likeness (QED) is 0.805. The second-order valence-corrected chi connectivity index (χ2v) is 3.67. The topological polar surface area (TPSA) is 44.1 Å². The number of methoxy groups -OCH3 is 1. The summed E-state index contributed by atoms with van der Waals surface area (Å²) < 4.78 is 43.4. The number of benzene rings is 1. The Balaban J connectivity index is 2.37. The number of carbonyl (C=O) groups excluding carboxylic acids is 1. The Morgan fingerprint density at radius 2 is 2.16 bits per heavy atom. The van der Waals surface area contributed by atoms with Gasteiger partial charge in [-0.05, 0) is 12.1 Å². The molecule has 1 aromatic heterocycles. The molecule has 0 N–H and O–H groups in total. The van der Waals surface area contributed by atoms with Crippen molar-refractivity contribution < 1.29 is 22.7 Å². The molecule has 7 heteroatoms. The Labute approximate surface area is 106 Å². The molecule has 0 saturated carbocycles. The van der Waals surface area contributed by atoms with Gasteiger partial charge in [0.25, 0.3) is 0 Å². The first-order chi connectivity index (χ1) is 9.02. The molecule has 1 heterocycles. The van der Waals surface area contributed by atoms with Crippen LogP contribution in [-0.4, -0.2) is 22.9 Å². The Morgan fingerprint density at radius 1 is 1.42 bits per heavy atom. The molecule has 0 bridgehead atoms. The summed E-state index contributed by atoms with van der Waals surface area (Å²) >= 11 is 0. The molecule has 19 heavy (non-hydrogen) atoms. The van der Waals surface area contributed by atoms with Gasteiger partial charge in [0.1, 0.15) is 5.82 Å². The number of alkyl halides is 2. The molecule has 100 valence electrons. The molecule has 0 atom stereocenters. The van der Waals surface area contributed by atoms with Crippen LogP contribution in [0.4, 0.5) is 13.2 Å². The molecular formula is C12H9F3N2O2.